The van der Waals surface area contributed by atoms with Gasteiger partial charge in [0.1, 0.15) is 11.6 Å². The van der Waals surface area contributed by atoms with Gasteiger partial charge in [0.2, 0.25) is 0 Å². The number of halogens is 2. The quantitative estimate of drug-likeness (QED) is 0.785. The zero-order valence-electron chi connectivity index (χ0n) is 7.00. The zero-order valence-corrected chi connectivity index (χ0v) is 8.57. The zero-order chi connectivity index (χ0) is 10.1. The van der Waals surface area contributed by atoms with Crippen molar-refractivity contribution >= 4 is 22.9 Å². The molecular formula is C10H6ClFOS. The highest BCUT2D eigenvalue weighted by atomic mass is 35.5. The van der Waals surface area contributed by atoms with Crippen molar-refractivity contribution in [3.05, 3.63) is 40.5 Å². The van der Waals surface area contributed by atoms with Crippen molar-refractivity contribution in [1.82, 2.24) is 0 Å². The molecule has 14 heavy (non-hydrogen) atoms. The molecule has 0 radical (unpaired) electrons. The van der Waals surface area contributed by atoms with E-state index in [9.17, 15) is 9.50 Å². The summed E-state index contributed by atoms with van der Waals surface area (Å²) in [7, 11) is 0. The Bertz CT molecular complexity index is 467. The third-order valence-electron chi connectivity index (χ3n) is 1.80. The fourth-order valence-electron chi connectivity index (χ4n) is 1.16. The molecule has 0 spiro atoms. The highest BCUT2D eigenvalue weighted by Crippen LogP contribution is 2.36. The third kappa shape index (κ3) is 1.74. The number of rotatable bonds is 1. The van der Waals surface area contributed by atoms with Gasteiger partial charge in [0.25, 0.3) is 0 Å². The van der Waals surface area contributed by atoms with Crippen LogP contribution in [0.5, 0.6) is 5.75 Å². The van der Waals surface area contributed by atoms with Gasteiger partial charge in [-0.1, -0.05) is 11.6 Å². The van der Waals surface area contributed by atoms with Crippen molar-refractivity contribution in [3.8, 4) is 16.2 Å². The molecule has 0 atom stereocenters. The van der Waals surface area contributed by atoms with Gasteiger partial charge in [-0.05, 0) is 30.3 Å². The average molecular weight is 229 g/mol. The van der Waals surface area contributed by atoms with E-state index in [4.69, 9.17) is 11.6 Å². The lowest BCUT2D eigenvalue weighted by atomic mass is 10.1. The second-order valence-corrected chi connectivity index (χ2v) is 4.48. The molecule has 0 amide bonds. The number of phenols is 1. The maximum Gasteiger partial charge on any atom is 0.124 e. The number of hydrogen-bond donors (Lipinski definition) is 1. The van der Waals surface area contributed by atoms with E-state index in [1.54, 1.807) is 12.1 Å². The normalized spacial score (nSPS) is 10.4. The standard InChI is InChI=1S/C10H6ClFOS/c11-10-4-3-9(14-10)7-5-6(12)1-2-8(7)13/h1-5,13H. The third-order valence-corrected chi connectivity index (χ3v) is 3.06. The van der Waals surface area contributed by atoms with Gasteiger partial charge in [0.15, 0.2) is 0 Å². The molecule has 0 saturated heterocycles. The summed E-state index contributed by atoms with van der Waals surface area (Å²) in [5.74, 6) is -0.313. The fourth-order valence-corrected chi connectivity index (χ4v) is 2.23. The highest BCUT2D eigenvalue weighted by Gasteiger charge is 2.07. The Morgan fingerprint density at radius 3 is 2.64 bits per heavy atom. The lowest BCUT2D eigenvalue weighted by Crippen LogP contribution is -1.77. The summed E-state index contributed by atoms with van der Waals surface area (Å²) >= 11 is 7.05. The van der Waals surface area contributed by atoms with Crippen LogP contribution in [0.4, 0.5) is 4.39 Å². The van der Waals surface area contributed by atoms with E-state index >= 15 is 0 Å². The topological polar surface area (TPSA) is 20.2 Å². The molecule has 0 fully saturated rings. The van der Waals surface area contributed by atoms with Crippen LogP contribution in [0, 0.1) is 5.82 Å². The maximum absolute atomic E-state index is 12.9. The van der Waals surface area contributed by atoms with Gasteiger partial charge in [-0.15, -0.1) is 11.3 Å². The second kappa shape index (κ2) is 3.59. The van der Waals surface area contributed by atoms with Crippen LogP contribution in [0.15, 0.2) is 30.3 Å². The molecule has 1 aromatic carbocycles. The Morgan fingerprint density at radius 2 is 2.00 bits per heavy atom. The molecule has 72 valence electrons. The van der Waals surface area contributed by atoms with Crippen LogP contribution in [0.1, 0.15) is 0 Å². The smallest absolute Gasteiger partial charge is 0.124 e. The minimum atomic E-state index is -0.373. The van der Waals surface area contributed by atoms with Gasteiger partial charge in [-0.25, -0.2) is 4.39 Å². The molecule has 1 N–H and O–H groups in total. The summed E-state index contributed by atoms with van der Waals surface area (Å²) in [5, 5.41) is 9.49. The Balaban J connectivity index is 2.55. The van der Waals surface area contributed by atoms with Crippen LogP contribution < -0.4 is 0 Å². The van der Waals surface area contributed by atoms with Crippen molar-refractivity contribution in [2.75, 3.05) is 0 Å². The van der Waals surface area contributed by atoms with Gasteiger partial charge >= 0.3 is 0 Å². The Morgan fingerprint density at radius 1 is 1.21 bits per heavy atom. The molecule has 2 aromatic rings. The summed E-state index contributed by atoms with van der Waals surface area (Å²) in [6.45, 7) is 0. The number of hydrogen-bond acceptors (Lipinski definition) is 2. The highest BCUT2D eigenvalue weighted by molar-refractivity contribution is 7.19. The SMILES string of the molecule is Oc1ccc(F)cc1-c1ccc(Cl)s1. The second-order valence-electron chi connectivity index (χ2n) is 2.77. The molecule has 0 unspecified atom stereocenters. The van der Waals surface area contributed by atoms with E-state index in [1.807, 2.05) is 0 Å². The summed E-state index contributed by atoms with van der Waals surface area (Å²) in [6, 6.07) is 7.30. The first-order chi connectivity index (χ1) is 6.66. The van der Waals surface area contributed by atoms with E-state index in [2.05, 4.69) is 0 Å². The first kappa shape index (κ1) is 9.49. The largest absolute Gasteiger partial charge is 0.507 e. The van der Waals surface area contributed by atoms with E-state index in [-0.39, 0.29) is 11.6 Å². The predicted octanol–water partition coefficient (Wildman–Crippen LogP) is 3.91. The first-order valence-corrected chi connectivity index (χ1v) is 5.10. The van der Waals surface area contributed by atoms with Crippen molar-refractivity contribution in [3.63, 3.8) is 0 Å². The van der Waals surface area contributed by atoms with Crippen molar-refractivity contribution < 1.29 is 9.50 Å². The molecule has 0 aliphatic carbocycles. The molecule has 4 heteroatoms. The molecule has 2 rings (SSSR count). The summed E-state index contributed by atoms with van der Waals surface area (Å²) < 4.78 is 13.5. The van der Waals surface area contributed by atoms with Crippen molar-refractivity contribution in [2.45, 2.75) is 0 Å². The number of benzene rings is 1. The van der Waals surface area contributed by atoms with E-state index < -0.39 is 0 Å². The average Bonchev–Trinajstić information content (AvgIpc) is 2.56. The Kier molecular flexibility index (Phi) is 2.44. The van der Waals surface area contributed by atoms with Gasteiger partial charge in [0, 0.05) is 10.4 Å². The van der Waals surface area contributed by atoms with E-state index in [0.717, 1.165) is 4.88 Å². The van der Waals surface area contributed by atoms with E-state index in [1.165, 1.54) is 29.5 Å². The van der Waals surface area contributed by atoms with Gasteiger partial charge in [-0.2, -0.15) is 0 Å². The van der Waals surface area contributed by atoms with Gasteiger partial charge in [-0.3, -0.25) is 0 Å². The molecule has 1 aromatic heterocycles. The Hall–Kier alpha value is -1.06. The van der Waals surface area contributed by atoms with Crippen LogP contribution in [-0.4, -0.2) is 5.11 Å². The number of thiophene rings is 1. The van der Waals surface area contributed by atoms with Gasteiger partial charge in [0.05, 0.1) is 4.34 Å². The lowest BCUT2D eigenvalue weighted by Gasteiger charge is -2.00. The van der Waals surface area contributed by atoms with Crippen LogP contribution in [-0.2, 0) is 0 Å². The molecule has 0 saturated carbocycles. The lowest BCUT2D eigenvalue weighted by molar-refractivity contribution is 0.475. The van der Waals surface area contributed by atoms with Crippen LogP contribution >= 0.6 is 22.9 Å². The molecule has 1 heterocycles. The predicted molar refractivity (Wildman–Crippen MR) is 56.4 cm³/mol. The fraction of sp³-hybridized carbons (Fsp3) is 0. The van der Waals surface area contributed by atoms with Crippen molar-refractivity contribution in [2.24, 2.45) is 0 Å². The molecular weight excluding hydrogens is 223 g/mol. The minimum absolute atomic E-state index is 0.0601. The summed E-state index contributed by atoms with van der Waals surface area (Å²) in [6.07, 6.45) is 0. The maximum atomic E-state index is 12.9. The first-order valence-electron chi connectivity index (χ1n) is 3.91. The molecule has 0 aliphatic heterocycles. The summed E-state index contributed by atoms with van der Waals surface area (Å²) in [5.41, 5.74) is 0.474. The molecule has 1 nitrogen and oxygen atoms in total. The van der Waals surface area contributed by atoms with E-state index in [0.29, 0.717) is 9.90 Å². The monoisotopic (exact) mass is 228 g/mol. The van der Waals surface area contributed by atoms with Crippen molar-refractivity contribution in [1.29, 1.82) is 0 Å². The van der Waals surface area contributed by atoms with Gasteiger partial charge < -0.3 is 5.11 Å². The Labute approximate surface area is 89.4 Å². The van der Waals surface area contributed by atoms with Crippen LogP contribution in [0.25, 0.3) is 10.4 Å². The molecule has 0 aliphatic rings. The molecule has 0 bridgehead atoms. The number of aromatic hydroxyl groups is 1. The van der Waals surface area contributed by atoms with Crippen LogP contribution in [0.3, 0.4) is 0 Å². The number of phenolic OH excluding ortho intramolecular Hbond substituents is 1. The minimum Gasteiger partial charge on any atom is -0.507 e. The van der Waals surface area contributed by atoms with Crippen LogP contribution in [0.2, 0.25) is 4.34 Å². The summed E-state index contributed by atoms with van der Waals surface area (Å²) in [4.78, 5) is 0.756.